The molecule has 2 aromatic carbocycles. The Bertz CT molecular complexity index is 846. The van der Waals surface area contributed by atoms with Gasteiger partial charge in [0.25, 0.3) is 0 Å². The van der Waals surface area contributed by atoms with Crippen LogP contribution < -0.4 is 4.90 Å². The molecule has 2 aliphatic rings. The molecule has 23 heavy (non-hydrogen) atoms. The average Bonchev–Trinajstić information content (AvgIpc) is 3.09. The first kappa shape index (κ1) is 13.9. The van der Waals surface area contributed by atoms with Crippen molar-refractivity contribution in [2.75, 3.05) is 19.0 Å². The van der Waals surface area contributed by atoms with Gasteiger partial charge in [0.15, 0.2) is 5.78 Å². The van der Waals surface area contributed by atoms with Gasteiger partial charge in [0.1, 0.15) is 0 Å². The van der Waals surface area contributed by atoms with Crippen molar-refractivity contribution in [3.05, 3.63) is 65.7 Å². The van der Waals surface area contributed by atoms with Crippen LogP contribution >= 0.6 is 0 Å². The summed E-state index contributed by atoms with van der Waals surface area (Å²) in [6.45, 7) is 0. The SMILES string of the molecule is CN(C)c1ccc(C2=CC(=O)CC23C=Nc2ccccc23)cc1. The minimum atomic E-state index is -0.396. The summed E-state index contributed by atoms with van der Waals surface area (Å²) in [6, 6.07) is 16.5. The highest BCUT2D eigenvalue weighted by Crippen LogP contribution is 2.50. The fourth-order valence-corrected chi connectivity index (χ4v) is 3.56. The van der Waals surface area contributed by atoms with E-state index in [0.717, 1.165) is 28.1 Å². The van der Waals surface area contributed by atoms with Crippen LogP contribution in [0.3, 0.4) is 0 Å². The Morgan fingerprint density at radius 3 is 2.52 bits per heavy atom. The van der Waals surface area contributed by atoms with E-state index in [1.165, 1.54) is 0 Å². The lowest BCUT2D eigenvalue weighted by atomic mass is 9.74. The van der Waals surface area contributed by atoms with Gasteiger partial charge < -0.3 is 4.90 Å². The lowest BCUT2D eigenvalue weighted by Crippen LogP contribution is -2.25. The van der Waals surface area contributed by atoms with Gasteiger partial charge in [-0.25, -0.2) is 0 Å². The van der Waals surface area contributed by atoms with E-state index in [1.807, 2.05) is 38.5 Å². The molecule has 1 heterocycles. The Hall–Kier alpha value is -2.68. The number of hydrogen-bond donors (Lipinski definition) is 0. The molecule has 0 bridgehead atoms. The van der Waals surface area contributed by atoms with Crippen LogP contribution in [0.2, 0.25) is 0 Å². The zero-order chi connectivity index (χ0) is 16.0. The number of fused-ring (bicyclic) bond motifs is 2. The van der Waals surface area contributed by atoms with E-state index >= 15 is 0 Å². The van der Waals surface area contributed by atoms with E-state index < -0.39 is 5.41 Å². The van der Waals surface area contributed by atoms with Crippen LogP contribution in [0.4, 0.5) is 11.4 Å². The van der Waals surface area contributed by atoms with Gasteiger partial charge in [-0.3, -0.25) is 9.79 Å². The third-order valence-corrected chi connectivity index (χ3v) is 4.74. The van der Waals surface area contributed by atoms with Crippen molar-refractivity contribution in [3.8, 4) is 0 Å². The predicted molar refractivity (Wildman–Crippen MR) is 94.6 cm³/mol. The van der Waals surface area contributed by atoms with Gasteiger partial charge in [-0.1, -0.05) is 30.3 Å². The number of benzene rings is 2. The topological polar surface area (TPSA) is 32.7 Å². The van der Waals surface area contributed by atoms with Crippen LogP contribution in [-0.2, 0) is 10.2 Å². The second kappa shape index (κ2) is 4.92. The molecule has 2 aromatic rings. The molecule has 1 aliphatic carbocycles. The number of carbonyl (C=O) groups excluding carboxylic acids is 1. The molecule has 1 unspecified atom stereocenters. The summed E-state index contributed by atoms with van der Waals surface area (Å²) < 4.78 is 0. The van der Waals surface area contributed by atoms with Gasteiger partial charge in [0, 0.05) is 32.4 Å². The van der Waals surface area contributed by atoms with Gasteiger partial charge in [-0.2, -0.15) is 0 Å². The summed E-state index contributed by atoms with van der Waals surface area (Å²) in [6.07, 6.45) is 4.21. The van der Waals surface area contributed by atoms with E-state index in [4.69, 9.17) is 0 Å². The highest BCUT2D eigenvalue weighted by Gasteiger charge is 2.45. The Morgan fingerprint density at radius 2 is 1.78 bits per heavy atom. The molecule has 1 aliphatic heterocycles. The monoisotopic (exact) mass is 302 g/mol. The highest BCUT2D eigenvalue weighted by atomic mass is 16.1. The maximum atomic E-state index is 12.2. The van der Waals surface area contributed by atoms with E-state index in [1.54, 1.807) is 6.08 Å². The van der Waals surface area contributed by atoms with Crippen LogP contribution in [0, 0.1) is 0 Å². The summed E-state index contributed by atoms with van der Waals surface area (Å²) in [4.78, 5) is 18.9. The number of carbonyl (C=O) groups is 1. The molecule has 0 amide bonds. The van der Waals surface area contributed by atoms with Crippen LogP contribution in [-0.4, -0.2) is 26.1 Å². The maximum Gasteiger partial charge on any atom is 0.157 e. The Balaban J connectivity index is 1.83. The molecule has 1 spiro atoms. The number of para-hydroxylation sites is 1. The van der Waals surface area contributed by atoms with Gasteiger partial charge >= 0.3 is 0 Å². The number of anilines is 1. The molecule has 3 nitrogen and oxygen atoms in total. The molecule has 3 heteroatoms. The fraction of sp³-hybridized carbons (Fsp3) is 0.200. The minimum Gasteiger partial charge on any atom is -0.378 e. The maximum absolute atomic E-state index is 12.2. The number of aliphatic imine (C=N–C) groups is 1. The van der Waals surface area contributed by atoms with Gasteiger partial charge in [-0.05, 0) is 41.0 Å². The molecule has 4 rings (SSSR count). The zero-order valence-electron chi connectivity index (χ0n) is 13.3. The van der Waals surface area contributed by atoms with Crippen molar-refractivity contribution >= 4 is 28.9 Å². The largest absolute Gasteiger partial charge is 0.378 e. The molecule has 0 radical (unpaired) electrons. The first-order chi connectivity index (χ1) is 11.1. The molecule has 0 N–H and O–H groups in total. The summed E-state index contributed by atoms with van der Waals surface area (Å²) in [7, 11) is 4.05. The standard InChI is InChI=1S/C20H18N2O/c1-22(2)15-9-7-14(8-10-15)18-11-16(23)12-20(18)13-21-19-6-4-3-5-17(19)20/h3-11,13H,12H2,1-2H3. The quantitative estimate of drug-likeness (QED) is 0.846. The first-order valence-corrected chi connectivity index (χ1v) is 7.78. The molecule has 0 saturated heterocycles. The molecule has 114 valence electrons. The third-order valence-electron chi connectivity index (χ3n) is 4.74. The van der Waals surface area contributed by atoms with E-state index in [0.29, 0.717) is 6.42 Å². The van der Waals surface area contributed by atoms with Gasteiger partial charge in [0.2, 0.25) is 0 Å². The minimum absolute atomic E-state index is 0.167. The third kappa shape index (κ3) is 2.04. The molecule has 0 aromatic heterocycles. The number of nitrogens with zero attached hydrogens (tertiary/aromatic N) is 2. The molecule has 0 saturated carbocycles. The van der Waals surface area contributed by atoms with Crippen molar-refractivity contribution in [2.24, 2.45) is 4.99 Å². The number of allylic oxidation sites excluding steroid dienone is 2. The smallest absolute Gasteiger partial charge is 0.157 e. The second-order valence-corrected chi connectivity index (χ2v) is 6.39. The van der Waals surface area contributed by atoms with Gasteiger partial charge in [-0.15, -0.1) is 0 Å². The predicted octanol–water partition coefficient (Wildman–Crippen LogP) is 3.76. The summed E-state index contributed by atoms with van der Waals surface area (Å²) in [5, 5.41) is 0. The number of hydrogen-bond acceptors (Lipinski definition) is 3. The van der Waals surface area contributed by atoms with Crippen LogP contribution in [0.1, 0.15) is 17.5 Å². The van der Waals surface area contributed by atoms with Crippen LogP contribution in [0.15, 0.2) is 59.6 Å². The molecule has 1 atom stereocenters. The van der Waals surface area contributed by atoms with Crippen LogP contribution in [0.5, 0.6) is 0 Å². The lowest BCUT2D eigenvalue weighted by molar-refractivity contribution is -0.114. The van der Waals surface area contributed by atoms with Crippen molar-refractivity contribution in [1.82, 2.24) is 0 Å². The van der Waals surface area contributed by atoms with Crippen molar-refractivity contribution in [2.45, 2.75) is 11.8 Å². The van der Waals surface area contributed by atoms with Gasteiger partial charge in [0.05, 0.1) is 11.1 Å². The highest BCUT2D eigenvalue weighted by molar-refractivity contribution is 6.15. The normalized spacial score (nSPS) is 21.7. The second-order valence-electron chi connectivity index (χ2n) is 6.39. The Labute approximate surface area is 136 Å². The lowest BCUT2D eigenvalue weighted by Gasteiger charge is -2.26. The summed E-state index contributed by atoms with van der Waals surface area (Å²) in [5.74, 6) is 0.167. The van der Waals surface area contributed by atoms with Crippen molar-refractivity contribution < 1.29 is 4.79 Å². The average molecular weight is 302 g/mol. The number of ketones is 1. The molecular formula is C20H18N2O. The Morgan fingerprint density at radius 1 is 1.04 bits per heavy atom. The number of rotatable bonds is 2. The van der Waals surface area contributed by atoms with E-state index in [9.17, 15) is 4.79 Å². The van der Waals surface area contributed by atoms with Crippen molar-refractivity contribution in [1.29, 1.82) is 0 Å². The van der Waals surface area contributed by atoms with Crippen molar-refractivity contribution in [3.63, 3.8) is 0 Å². The van der Waals surface area contributed by atoms with E-state index in [-0.39, 0.29) is 5.78 Å². The molecular weight excluding hydrogens is 284 g/mol. The Kier molecular flexibility index (Phi) is 2.98. The van der Waals surface area contributed by atoms with Crippen LogP contribution in [0.25, 0.3) is 5.57 Å². The summed E-state index contributed by atoms with van der Waals surface area (Å²) in [5.41, 5.74) is 5.00. The first-order valence-electron chi connectivity index (χ1n) is 7.78. The molecule has 0 fully saturated rings. The van der Waals surface area contributed by atoms with E-state index in [2.05, 4.69) is 40.2 Å². The summed E-state index contributed by atoms with van der Waals surface area (Å²) >= 11 is 0. The fourth-order valence-electron chi connectivity index (χ4n) is 3.56. The zero-order valence-corrected chi connectivity index (χ0v) is 13.3.